The molecule has 1 amide bonds. The molecule has 0 N–H and O–H groups in total. The van der Waals surface area contributed by atoms with Crippen molar-refractivity contribution in [1.82, 2.24) is 4.90 Å². The summed E-state index contributed by atoms with van der Waals surface area (Å²) in [7, 11) is 4.11. The van der Waals surface area contributed by atoms with Gasteiger partial charge in [-0.05, 0) is 36.8 Å². The minimum atomic E-state index is 0.109. The summed E-state index contributed by atoms with van der Waals surface area (Å²) in [6.45, 7) is 2.94. The van der Waals surface area contributed by atoms with Crippen LogP contribution in [0.3, 0.4) is 0 Å². The summed E-state index contributed by atoms with van der Waals surface area (Å²) in [4.78, 5) is 16.8. The molecule has 0 aliphatic carbocycles. The number of likely N-dealkylation sites (tertiary alicyclic amines) is 1. The number of anilines is 1. The van der Waals surface area contributed by atoms with Gasteiger partial charge >= 0.3 is 0 Å². The Bertz CT molecular complexity index is 489. The van der Waals surface area contributed by atoms with E-state index in [4.69, 9.17) is 0 Å². The fourth-order valence-electron chi connectivity index (χ4n) is 2.99. The summed E-state index contributed by atoms with van der Waals surface area (Å²) in [6, 6.07) is 8.83. The Kier molecular flexibility index (Phi) is 5.57. The van der Waals surface area contributed by atoms with E-state index in [9.17, 15) is 4.79 Å². The number of amides is 1. The van der Waals surface area contributed by atoms with Crippen molar-refractivity contribution in [2.75, 3.05) is 37.5 Å². The normalized spacial score (nSPS) is 19.6. The highest BCUT2D eigenvalue weighted by Gasteiger charge is 2.32. The van der Waals surface area contributed by atoms with Gasteiger partial charge in [-0.15, -0.1) is 0 Å². The molecule has 0 saturated carbocycles. The van der Waals surface area contributed by atoms with E-state index in [2.05, 4.69) is 54.4 Å². The van der Waals surface area contributed by atoms with Crippen LogP contribution in [0.1, 0.15) is 31.4 Å². The van der Waals surface area contributed by atoms with E-state index >= 15 is 0 Å². The molecule has 1 saturated heterocycles. The lowest BCUT2D eigenvalue weighted by Gasteiger charge is -2.28. The first-order valence-electron chi connectivity index (χ1n) is 7.61. The fourth-order valence-corrected chi connectivity index (χ4v) is 3.63. The lowest BCUT2D eigenvalue weighted by molar-refractivity contribution is -0.135. The average Bonchev–Trinajstić information content (AvgIpc) is 2.96. The molecule has 2 atom stereocenters. The summed E-state index contributed by atoms with van der Waals surface area (Å²) in [5, 5.41) is 0. The van der Waals surface area contributed by atoms with Crippen LogP contribution in [0.5, 0.6) is 0 Å². The Morgan fingerprint density at radius 2 is 2.24 bits per heavy atom. The molecule has 116 valence electrons. The first kappa shape index (κ1) is 16.2. The smallest absolute Gasteiger partial charge is 0.226 e. The van der Waals surface area contributed by atoms with Crippen LogP contribution in [0, 0.1) is 5.92 Å². The van der Waals surface area contributed by atoms with Crippen LogP contribution in [0.4, 0.5) is 5.69 Å². The second-order valence-corrected chi connectivity index (χ2v) is 6.95. The second kappa shape index (κ2) is 7.21. The highest BCUT2D eigenvalue weighted by atomic mass is 32.2. The number of hydrogen-bond donors (Lipinski definition) is 0. The van der Waals surface area contributed by atoms with E-state index in [0.717, 1.165) is 25.1 Å². The number of benzene rings is 1. The molecule has 0 unspecified atom stereocenters. The van der Waals surface area contributed by atoms with Gasteiger partial charge in [0.25, 0.3) is 0 Å². The lowest BCUT2D eigenvalue weighted by Crippen LogP contribution is -2.35. The summed E-state index contributed by atoms with van der Waals surface area (Å²) in [5.41, 5.74) is 2.47. The van der Waals surface area contributed by atoms with Crippen molar-refractivity contribution in [2.24, 2.45) is 5.92 Å². The molecule has 1 aromatic rings. The molecule has 0 radical (unpaired) electrons. The highest BCUT2D eigenvalue weighted by Crippen LogP contribution is 2.34. The molecule has 1 heterocycles. The van der Waals surface area contributed by atoms with Crippen LogP contribution in [0.15, 0.2) is 24.3 Å². The van der Waals surface area contributed by atoms with Gasteiger partial charge in [-0.3, -0.25) is 4.79 Å². The van der Waals surface area contributed by atoms with Crippen LogP contribution < -0.4 is 4.90 Å². The van der Waals surface area contributed by atoms with E-state index in [0.29, 0.717) is 5.91 Å². The lowest BCUT2D eigenvalue weighted by atomic mass is 10.0. The maximum Gasteiger partial charge on any atom is 0.226 e. The van der Waals surface area contributed by atoms with Gasteiger partial charge in [-0.1, -0.05) is 19.1 Å². The van der Waals surface area contributed by atoms with Crippen molar-refractivity contribution in [1.29, 1.82) is 0 Å². The first-order valence-corrected chi connectivity index (χ1v) is 9.00. The van der Waals surface area contributed by atoms with Crippen molar-refractivity contribution in [2.45, 2.75) is 25.8 Å². The molecule has 0 bridgehead atoms. The summed E-state index contributed by atoms with van der Waals surface area (Å²) in [6.07, 6.45) is 4.25. The molecule has 0 spiro atoms. The second-order valence-electron chi connectivity index (χ2n) is 6.04. The predicted molar refractivity (Wildman–Crippen MR) is 92.0 cm³/mol. The van der Waals surface area contributed by atoms with E-state index < -0.39 is 0 Å². The molecule has 3 nitrogen and oxygen atoms in total. The molecule has 2 rings (SSSR count). The van der Waals surface area contributed by atoms with Crippen molar-refractivity contribution in [3.05, 3.63) is 29.8 Å². The van der Waals surface area contributed by atoms with Gasteiger partial charge in [0.2, 0.25) is 5.91 Å². The molecular weight excluding hydrogens is 280 g/mol. The molecule has 0 aromatic heterocycles. The van der Waals surface area contributed by atoms with Crippen LogP contribution in [0.25, 0.3) is 0 Å². The number of carbonyl (C=O) groups is 1. The highest BCUT2D eigenvalue weighted by molar-refractivity contribution is 7.98. The topological polar surface area (TPSA) is 23.6 Å². The van der Waals surface area contributed by atoms with E-state index in [1.165, 1.54) is 11.3 Å². The van der Waals surface area contributed by atoms with Crippen molar-refractivity contribution in [3.8, 4) is 0 Å². The Morgan fingerprint density at radius 3 is 2.90 bits per heavy atom. The number of rotatable bonds is 5. The molecular formula is C17H26N2OS. The van der Waals surface area contributed by atoms with Gasteiger partial charge in [-0.2, -0.15) is 11.8 Å². The zero-order valence-electron chi connectivity index (χ0n) is 13.5. The SMILES string of the molecule is CSC[C@H](C)C(=O)N1CCC[C@H]1c1cccc(N(C)C)c1. The molecule has 1 aliphatic rings. The number of nitrogens with zero attached hydrogens (tertiary/aromatic N) is 2. The number of carbonyl (C=O) groups excluding carboxylic acids is 1. The van der Waals surface area contributed by atoms with Crippen LogP contribution in [-0.2, 0) is 4.79 Å². The van der Waals surface area contributed by atoms with Crippen molar-refractivity contribution in [3.63, 3.8) is 0 Å². The maximum atomic E-state index is 12.6. The van der Waals surface area contributed by atoms with Gasteiger partial charge < -0.3 is 9.80 Å². The summed E-state index contributed by atoms with van der Waals surface area (Å²) < 4.78 is 0. The molecule has 1 aromatic carbocycles. The third-order valence-electron chi connectivity index (χ3n) is 4.15. The number of hydrogen-bond acceptors (Lipinski definition) is 3. The third-order valence-corrected chi connectivity index (χ3v) is 4.98. The monoisotopic (exact) mass is 306 g/mol. The largest absolute Gasteiger partial charge is 0.378 e. The predicted octanol–water partition coefficient (Wildman–Crippen LogP) is 3.42. The molecule has 21 heavy (non-hydrogen) atoms. The Labute approximate surface area is 132 Å². The standard InChI is InChI=1S/C17H26N2OS/c1-13(12-21-4)17(20)19-10-6-9-16(19)14-7-5-8-15(11-14)18(2)3/h5,7-8,11,13,16H,6,9-10,12H2,1-4H3/t13-,16-/m0/s1. The van der Waals surface area contributed by atoms with Gasteiger partial charge in [0.1, 0.15) is 0 Å². The van der Waals surface area contributed by atoms with Gasteiger partial charge in [-0.25, -0.2) is 0 Å². The molecule has 4 heteroatoms. The Hall–Kier alpha value is -1.16. The minimum Gasteiger partial charge on any atom is -0.378 e. The van der Waals surface area contributed by atoms with Crippen molar-refractivity contribution < 1.29 is 4.79 Å². The Balaban J connectivity index is 2.18. The summed E-state index contributed by atoms with van der Waals surface area (Å²) in [5.74, 6) is 1.32. The van der Waals surface area contributed by atoms with Gasteiger partial charge in [0.15, 0.2) is 0 Å². The third kappa shape index (κ3) is 3.73. The van der Waals surface area contributed by atoms with Crippen molar-refractivity contribution >= 4 is 23.4 Å². The van der Waals surface area contributed by atoms with Crippen LogP contribution in [-0.4, -0.2) is 43.5 Å². The quantitative estimate of drug-likeness (QED) is 0.833. The van der Waals surface area contributed by atoms with Gasteiger partial charge in [0, 0.05) is 38.0 Å². The fraction of sp³-hybridized carbons (Fsp3) is 0.588. The minimum absolute atomic E-state index is 0.109. The first-order chi connectivity index (χ1) is 10.0. The zero-order chi connectivity index (χ0) is 15.4. The van der Waals surface area contributed by atoms with E-state index in [-0.39, 0.29) is 12.0 Å². The molecule has 1 aliphatic heterocycles. The van der Waals surface area contributed by atoms with E-state index in [1.54, 1.807) is 11.8 Å². The number of thioether (sulfide) groups is 1. The molecule has 1 fully saturated rings. The Morgan fingerprint density at radius 1 is 1.48 bits per heavy atom. The van der Waals surface area contributed by atoms with Crippen LogP contribution in [0.2, 0.25) is 0 Å². The van der Waals surface area contributed by atoms with Gasteiger partial charge in [0.05, 0.1) is 6.04 Å². The average molecular weight is 306 g/mol. The van der Waals surface area contributed by atoms with Crippen LogP contribution >= 0.6 is 11.8 Å². The summed E-state index contributed by atoms with van der Waals surface area (Å²) >= 11 is 1.75. The zero-order valence-corrected chi connectivity index (χ0v) is 14.3. The maximum absolute atomic E-state index is 12.6. The van der Waals surface area contributed by atoms with E-state index in [1.807, 2.05) is 6.92 Å².